The van der Waals surface area contributed by atoms with Crippen molar-refractivity contribution >= 4 is 37.6 Å². The van der Waals surface area contributed by atoms with Gasteiger partial charge in [0.2, 0.25) is 10.0 Å². The number of carbonyl (C=O) groups is 1. The van der Waals surface area contributed by atoms with Gasteiger partial charge in [0, 0.05) is 4.47 Å². The predicted octanol–water partition coefficient (Wildman–Crippen LogP) is 3.22. The second-order valence-corrected chi connectivity index (χ2v) is 7.69. The van der Waals surface area contributed by atoms with Crippen LogP contribution >= 0.6 is 15.9 Å². The van der Waals surface area contributed by atoms with Crippen molar-refractivity contribution < 1.29 is 18.3 Å². The van der Waals surface area contributed by atoms with E-state index in [1.807, 2.05) is 0 Å². The van der Waals surface area contributed by atoms with E-state index >= 15 is 0 Å². The summed E-state index contributed by atoms with van der Waals surface area (Å²) in [4.78, 5) is 11.2. The van der Waals surface area contributed by atoms with E-state index in [9.17, 15) is 13.2 Å². The molecule has 1 aliphatic carbocycles. The molecule has 1 saturated carbocycles. The monoisotopic (exact) mass is 361 g/mol. The predicted molar refractivity (Wildman–Crippen MR) is 80.5 cm³/mol. The fourth-order valence-corrected chi connectivity index (χ4v) is 4.63. The summed E-state index contributed by atoms with van der Waals surface area (Å²) in [5, 5.41) is 8.70. The molecule has 0 radical (unpaired) electrons. The lowest BCUT2D eigenvalue weighted by Crippen LogP contribution is -2.30. The lowest BCUT2D eigenvalue weighted by atomic mass is 10.0. The Morgan fingerprint density at radius 1 is 1.25 bits per heavy atom. The zero-order valence-electron chi connectivity index (χ0n) is 10.8. The standard InChI is InChI=1S/C13H16BrNO4S/c14-11-8-4-7-10(13(16)17)12(11)15-20(18,19)9-5-2-1-3-6-9/h4,7-9,15H,1-3,5-6H2,(H,16,17). The van der Waals surface area contributed by atoms with Gasteiger partial charge in [0.15, 0.2) is 0 Å². The summed E-state index contributed by atoms with van der Waals surface area (Å²) >= 11 is 3.20. The molecule has 1 aliphatic rings. The summed E-state index contributed by atoms with van der Waals surface area (Å²) in [5.74, 6) is -1.16. The first-order valence-corrected chi connectivity index (χ1v) is 8.79. The van der Waals surface area contributed by atoms with Crippen molar-refractivity contribution in [1.82, 2.24) is 0 Å². The van der Waals surface area contributed by atoms with Crippen LogP contribution in [0.4, 0.5) is 5.69 Å². The third kappa shape index (κ3) is 3.32. The summed E-state index contributed by atoms with van der Waals surface area (Å²) in [6.07, 6.45) is 4.10. The van der Waals surface area contributed by atoms with Crippen LogP contribution < -0.4 is 4.72 Å². The Labute approximate surface area is 126 Å². The van der Waals surface area contributed by atoms with Gasteiger partial charge in [-0.3, -0.25) is 4.72 Å². The van der Waals surface area contributed by atoms with Gasteiger partial charge in [0.1, 0.15) is 0 Å². The minimum Gasteiger partial charge on any atom is -0.478 e. The largest absolute Gasteiger partial charge is 0.478 e. The van der Waals surface area contributed by atoms with E-state index in [4.69, 9.17) is 5.11 Å². The first-order valence-electron chi connectivity index (χ1n) is 6.45. The van der Waals surface area contributed by atoms with E-state index in [-0.39, 0.29) is 11.3 Å². The number of carboxylic acids is 1. The number of sulfonamides is 1. The molecule has 2 N–H and O–H groups in total. The maximum Gasteiger partial charge on any atom is 0.337 e. The van der Waals surface area contributed by atoms with Crippen molar-refractivity contribution in [3.05, 3.63) is 28.2 Å². The molecule has 2 rings (SSSR count). The van der Waals surface area contributed by atoms with Crippen LogP contribution in [-0.4, -0.2) is 24.7 Å². The molecule has 0 amide bonds. The molecule has 0 saturated heterocycles. The zero-order valence-corrected chi connectivity index (χ0v) is 13.2. The maximum atomic E-state index is 12.4. The van der Waals surface area contributed by atoms with E-state index in [2.05, 4.69) is 20.7 Å². The number of hydrogen-bond donors (Lipinski definition) is 2. The summed E-state index contributed by atoms with van der Waals surface area (Å²) in [6, 6.07) is 4.56. The van der Waals surface area contributed by atoms with Gasteiger partial charge in [-0.1, -0.05) is 25.3 Å². The third-order valence-electron chi connectivity index (χ3n) is 3.48. The molecule has 0 heterocycles. The number of rotatable bonds is 4. The Hall–Kier alpha value is -1.08. The number of anilines is 1. The highest BCUT2D eigenvalue weighted by atomic mass is 79.9. The van der Waals surface area contributed by atoms with Crippen molar-refractivity contribution in [2.45, 2.75) is 37.4 Å². The van der Waals surface area contributed by atoms with Crippen molar-refractivity contribution in [2.75, 3.05) is 4.72 Å². The Morgan fingerprint density at radius 3 is 2.50 bits per heavy atom. The summed E-state index contributed by atoms with van der Waals surface area (Å²) in [7, 11) is -3.56. The van der Waals surface area contributed by atoms with Gasteiger partial charge in [0.25, 0.3) is 0 Å². The van der Waals surface area contributed by atoms with Crippen LogP contribution in [-0.2, 0) is 10.0 Å². The highest BCUT2D eigenvalue weighted by molar-refractivity contribution is 9.10. The van der Waals surface area contributed by atoms with Crippen LogP contribution in [0.25, 0.3) is 0 Å². The summed E-state index contributed by atoms with van der Waals surface area (Å²) < 4.78 is 27.6. The van der Waals surface area contributed by atoms with E-state index in [1.165, 1.54) is 6.07 Å². The smallest absolute Gasteiger partial charge is 0.337 e. The normalized spacial score (nSPS) is 16.9. The van der Waals surface area contributed by atoms with Gasteiger partial charge < -0.3 is 5.11 Å². The Bertz CT molecular complexity index is 609. The minimum atomic E-state index is -3.56. The number of benzene rings is 1. The highest BCUT2D eigenvalue weighted by Gasteiger charge is 2.29. The summed E-state index contributed by atoms with van der Waals surface area (Å²) in [5.41, 5.74) is 0.0457. The number of para-hydroxylation sites is 1. The number of nitrogens with one attached hydrogen (secondary N) is 1. The molecule has 0 atom stereocenters. The van der Waals surface area contributed by atoms with Gasteiger partial charge in [-0.05, 0) is 40.9 Å². The Morgan fingerprint density at radius 2 is 1.90 bits per heavy atom. The number of halogens is 1. The lowest BCUT2D eigenvalue weighted by molar-refractivity contribution is 0.0698. The minimum absolute atomic E-state index is 0.0567. The van der Waals surface area contributed by atoms with Crippen LogP contribution in [0.2, 0.25) is 0 Å². The second-order valence-electron chi connectivity index (χ2n) is 4.87. The van der Waals surface area contributed by atoms with Crippen molar-refractivity contribution in [3.63, 3.8) is 0 Å². The lowest BCUT2D eigenvalue weighted by Gasteiger charge is -2.23. The van der Waals surface area contributed by atoms with E-state index in [0.29, 0.717) is 17.3 Å². The van der Waals surface area contributed by atoms with E-state index in [1.54, 1.807) is 12.1 Å². The Balaban J connectivity index is 2.31. The van der Waals surface area contributed by atoms with Crippen molar-refractivity contribution in [3.8, 4) is 0 Å². The van der Waals surface area contributed by atoms with Crippen LogP contribution in [0.5, 0.6) is 0 Å². The second kappa shape index (κ2) is 6.13. The van der Waals surface area contributed by atoms with Crippen LogP contribution in [0.1, 0.15) is 42.5 Å². The molecule has 110 valence electrons. The molecule has 20 heavy (non-hydrogen) atoms. The Kier molecular flexibility index (Phi) is 4.70. The quantitative estimate of drug-likeness (QED) is 0.862. The van der Waals surface area contributed by atoms with E-state index < -0.39 is 21.2 Å². The van der Waals surface area contributed by atoms with Crippen LogP contribution in [0.15, 0.2) is 22.7 Å². The molecule has 7 heteroatoms. The van der Waals surface area contributed by atoms with E-state index in [0.717, 1.165) is 19.3 Å². The molecule has 0 aliphatic heterocycles. The molecule has 5 nitrogen and oxygen atoms in total. The van der Waals surface area contributed by atoms with Gasteiger partial charge in [-0.25, -0.2) is 13.2 Å². The van der Waals surface area contributed by atoms with Crippen LogP contribution in [0.3, 0.4) is 0 Å². The number of hydrogen-bond acceptors (Lipinski definition) is 3. The zero-order chi connectivity index (χ0) is 14.8. The molecule has 1 aromatic rings. The molecular formula is C13H16BrNO4S. The fourth-order valence-electron chi connectivity index (χ4n) is 2.41. The molecular weight excluding hydrogens is 346 g/mol. The summed E-state index contributed by atoms with van der Waals surface area (Å²) in [6.45, 7) is 0. The molecule has 1 fully saturated rings. The molecule has 0 bridgehead atoms. The molecule has 0 unspecified atom stereocenters. The van der Waals surface area contributed by atoms with Crippen LogP contribution in [0, 0.1) is 0 Å². The van der Waals surface area contributed by atoms with Crippen molar-refractivity contribution in [1.29, 1.82) is 0 Å². The number of carboxylic acid groups (broad SMARTS) is 1. The van der Waals surface area contributed by atoms with Gasteiger partial charge in [0.05, 0.1) is 16.5 Å². The average Bonchev–Trinajstić information content (AvgIpc) is 2.41. The first kappa shape index (κ1) is 15.3. The third-order valence-corrected chi connectivity index (χ3v) is 5.98. The fraction of sp³-hybridized carbons (Fsp3) is 0.462. The SMILES string of the molecule is O=C(O)c1cccc(Br)c1NS(=O)(=O)C1CCCCC1. The van der Waals surface area contributed by atoms with Crippen molar-refractivity contribution in [2.24, 2.45) is 0 Å². The first-order chi connectivity index (χ1) is 9.42. The maximum absolute atomic E-state index is 12.4. The highest BCUT2D eigenvalue weighted by Crippen LogP contribution is 2.31. The topological polar surface area (TPSA) is 83.5 Å². The number of aromatic carboxylic acids is 1. The molecule has 1 aromatic carbocycles. The van der Waals surface area contributed by atoms with Gasteiger partial charge >= 0.3 is 5.97 Å². The molecule has 0 aromatic heterocycles. The molecule has 0 spiro atoms. The average molecular weight is 362 g/mol. The van der Waals surface area contributed by atoms with Gasteiger partial charge in [-0.2, -0.15) is 0 Å². The van der Waals surface area contributed by atoms with Gasteiger partial charge in [-0.15, -0.1) is 0 Å².